The number of aromatic nitrogens is 1. The molecule has 11 heteroatoms. The van der Waals surface area contributed by atoms with Crippen LogP contribution in [-0.2, 0) is 10.4 Å². The molecule has 0 aliphatic carbocycles. The summed E-state index contributed by atoms with van der Waals surface area (Å²) >= 11 is 0.562. The molecule has 148 valence electrons. The van der Waals surface area contributed by atoms with E-state index in [1.807, 2.05) is 5.32 Å². The van der Waals surface area contributed by atoms with Gasteiger partial charge >= 0.3 is 6.18 Å². The van der Waals surface area contributed by atoms with E-state index < -0.39 is 53.4 Å². The Morgan fingerprint density at radius 3 is 2.48 bits per heavy atom. The summed E-state index contributed by atoms with van der Waals surface area (Å²) in [5.41, 5.74) is -3.30. The minimum atomic E-state index is -5.16. The van der Waals surface area contributed by atoms with Crippen molar-refractivity contribution in [2.45, 2.75) is 31.2 Å². The van der Waals surface area contributed by atoms with E-state index in [9.17, 15) is 37.0 Å². The van der Waals surface area contributed by atoms with E-state index in [4.69, 9.17) is 0 Å². The molecule has 3 N–H and O–H groups in total. The van der Waals surface area contributed by atoms with Crippen molar-refractivity contribution in [3.8, 4) is 0 Å². The van der Waals surface area contributed by atoms with Crippen molar-refractivity contribution >= 4 is 17.2 Å². The van der Waals surface area contributed by atoms with E-state index in [2.05, 4.69) is 4.98 Å². The predicted molar refractivity (Wildman–Crippen MR) is 85.7 cm³/mol. The number of aliphatic hydroxyl groups is 2. The summed E-state index contributed by atoms with van der Waals surface area (Å²) in [5, 5.41) is 22.6. The van der Waals surface area contributed by atoms with E-state index in [0.717, 1.165) is 12.1 Å². The molecular weight excluding hydrogens is 395 g/mol. The van der Waals surface area contributed by atoms with Crippen LogP contribution in [0, 0.1) is 18.6 Å². The molecule has 1 amide bonds. The summed E-state index contributed by atoms with van der Waals surface area (Å²) < 4.78 is 66.0. The summed E-state index contributed by atoms with van der Waals surface area (Å²) in [7, 11) is 0. The standard InChI is InChI=1S/C16H15F5N2O3S/c1-8-7-27-14(23-8)15(26,16(19,20)21)5-13(25)22-6-12(24)9-2-3-10(17)11(18)4-9/h2-4,7,12,24,26H,5-6H2,1H3,(H,22,25)/t12-,15-/m0/s1. The molecule has 27 heavy (non-hydrogen) atoms. The van der Waals surface area contributed by atoms with Gasteiger partial charge < -0.3 is 15.5 Å². The fourth-order valence-corrected chi connectivity index (χ4v) is 3.10. The molecule has 0 saturated heterocycles. The minimum absolute atomic E-state index is 0.0733. The monoisotopic (exact) mass is 410 g/mol. The average Bonchev–Trinajstić information content (AvgIpc) is 3.01. The Morgan fingerprint density at radius 1 is 1.30 bits per heavy atom. The van der Waals surface area contributed by atoms with Gasteiger partial charge in [0, 0.05) is 17.6 Å². The Balaban J connectivity index is 2.07. The molecule has 0 bridgehead atoms. The molecular formula is C16H15F5N2O3S. The van der Waals surface area contributed by atoms with Gasteiger partial charge in [-0.2, -0.15) is 13.2 Å². The van der Waals surface area contributed by atoms with Crippen LogP contribution in [0.3, 0.4) is 0 Å². The van der Waals surface area contributed by atoms with Crippen LogP contribution in [0.2, 0.25) is 0 Å². The summed E-state index contributed by atoms with van der Waals surface area (Å²) in [6.45, 7) is 0.879. The zero-order chi connectivity index (χ0) is 20.4. The van der Waals surface area contributed by atoms with Crippen LogP contribution in [0.1, 0.15) is 28.8 Å². The molecule has 0 aliphatic rings. The number of nitrogens with zero attached hydrogens (tertiary/aromatic N) is 1. The Hall–Kier alpha value is -2.11. The predicted octanol–water partition coefficient (Wildman–Crippen LogP) is 2.72. The van der Waals surface area contributed by atoms with Crippen LogP contribution in [0.15, 0.2) is 23.6 Å². The number of thiazole rings is 1. The van der Waals surface area contributed by atoms with Crippen LogP contribution < -0.4 is 5.32 Å². The lowest BCUT2D eigenvalue weighted by molar-refractivity contribution is -0.267. The molecule has 1 heterocycles. The SMILES string of the molecule is Cc1csc([C@@](O)(CC(=O)NC[C@H](O)c2ccc(F)c(F)c2)C(F)(F)F)n1. The van der Waals surface area contributed by atoms with Crippen molar-refractivity contribution in [3.63, 3.8) is 0 Å². The number of aliphatic hydroxyl groups excluding tert-OH is 1. The van der Waals surface area contributed by atoms with Gasteiger partial charge in [0.1, 0.15) is 5.01 Å². The zero-order valence-corrected chi connectivity index (χ0v) is 14.7. The molecule has 2 aromatic rings. The lowest BCUT2D eigenvalue weighted by Gasteiger charge is -2.28. The number of aryl methyl sites for hydroxylation is 1. The van der Waals surface area contributed by atoms with Crippen LogP contribution in [0.5, 0.6) is 0 Å². The quantitative estimate of drug-likeness (QED) is 0.640. The first kappa shape index (κ1) is 21.2. The third-order valence-electron chi connectivity index (χ3n) is 3.68. The molecule has 0 saturated carbocycles. The highest BCUT2D eigenvalue weighted by Gasteiger charge is 2.58. The lowest BCUT2D eigenvalue weighted by Crippen LogP contribution is -2.46. The first-order chi connectivity index (χ1) is 12.4. The van der Waals surface area contributed by atoms with Crippen LogP contribution >= 0.6 is 11.3 Å². The van der Waals surface area contributed by atoms with Gasteiger partial charge in [0.05, 0.1) is 12.5 Å². The van der Waals surface area contributed by atoms with Gasteiger partial charge in [-0.25, -0.2) is 13.8 Å². The number of benzene rings is 1. The molecule has 0 aliphatic heterocycles. The molecule has 5 nitrogen and oxygen atoms in total. The van der Waals surface area contributed by atoms with Gasteiger partial charge in [-0.15, -0.1) is 11.3 Å². The van der Waals surface area contributed by atoms with Crippen molar-refractivity contribution in [3.05, 3.63) is 51.5 Å². The van der Waals surface area contributed by atoms with E-state index in [-0.39, 0.29) is 11.3 Å². The number of hydrogen-bond acceptors (Lipinski definition) is 5. The van der Waals surface area contributed by atoms with Gasteiger partial charge in [-0.3, -0.25) is 4.79 Å². The van der Waals surface area contributed by atoms with Gasteiger partial charge in [0.2, 0.25) is 11.5 Å². The smallest absolute Gasteiger partial charge is 0.387 e. The van der Waals surface area contributed by atoms with Crippen LogP contribution in [-0.4, -0.2) is 33.8 Å². The highest BCUT2D eigenvalue weighted by molar-refractivity contribution is 7.09. The maximum atomic E-state index is 13.3. The van der Waals surface area contributed by atoms with Crippen molar-refractivity contribution in [1.82, 2.24) is 10.3 Å². The molecule has 1 aromatic carbocycles. The normalized spacial score (nSPS) is 15.3. The summed E-state index contributed by atoms with van der Waals surface area (Å²) in [6, 6.07) is 2.54. The number of nitrogens with one attached hydrogen (secondary N) is 1. The largest absolute Gasteiger partial charge is 0.424 e. The second kappa shape index (κ2) is 7.87. The molecule has 2 rings (SSSR count). The molecule has 0 radical (unpaired) electrons. The first-order valence-electron chi connectivity index (χ1n) is 7.55. The van der Waals surface area contributed by atoms with Crippen molar-refractivity contribution in [1.29, 1.82) is 0 Å². The van der Waals surface area contributed by atoms with Gasteiger partial charge in [0.15, 0.2) is 11.6 Å². The third-order valence-corrected chi connectivity index (χ3v) is 4.79. The van der Waals surface area contributed by atoms with Gasteiger partial charge in [0.25, 0.3) is 0 Å². The number of amides is 1. The Kier molecular flexibility index (Phi) is 6.17. The summed E-state index contributed by atoms with van der Waals surface area (Å²) in [6.07, 6.45) is -8.01. The van der Waals surface area contributed by atoms with Crippen molar-refractivity contribution in [2.75, 3.05) is 6.54 Å². The molecule has 0 fully saturated rings. The topological polar surface area (TPSA) is 82.5 Å². The summed E-state index contributed by atoms with van der Waals surface area (Å²) in [5.74, 6) is -3.56. The van der Waals surface area contributed by atoms with E-state index in [1.165, 1.54) is 12.3 Å². The molecule has 2 atom stereocenters. The molecule has 0 unspecified atom stereocenters. The van der Waals surface area contributed by atoms with Crippen molar-refractivity contribution in [2.24, 2.45) is 0 Å². The third kappa shape index (κ3) is 4.79. The Labute approximate surface area is 154 Å². The maximum absolute atomic E-state index is 13.3. The highest BCUT2D eigenvalue weighted by Crippen LogP contribution is 2.42. The fourth-order valence-electron chi connectivity index (χ4n) is 2.18. The number of alkyl halides is 3. The minimum Gasteiger partial charge on any atom is -0.387 e. The second-order valence-electron chi connectivity index (χ2n) is 5.82. The average molecular weight is 410 g/mol. The Morgan fingerprint density at radius 2 is 1.96 bits per heavy atom. The number of carbonyl (C=O) groups excluding carboxylic acids is 1. The van der Waals surface area contributed by atoms with E-state index >= 15 is 0 Å². The molecule has 0 spiro atoms. The van der Waals surface area contributed by atoms with Crippen LogP contribution in [0.4, 0.5) is 22.0 Å². The second-order valence-corrected chi connectivity index (χ2v) is 6.68. The zero-order valence-electron chi connectivity index (χ0n) is 13.8. The highest BCUT2D eigenvalue weighted by atomic mass is 32.1. The van der Waals surface area contributed by atoms with Crippen LogP contribution in [0.25, 0.3) is 0 Å². The lowest BCUT2D eigenvalue weighted by atomic mass is 9.99. The number of rotatable bonds is 6. The number of halogens is 5. The Bertz CT molecular complexity index is 827. The van der Waals surface area contributed by atoms with E-state index in [0.29, 0.717) is 17.4 Å². The van der Waals surface area contributed by atoms with Crippen molar-refractivity contribution < 1.29 is 37.0 Å². The van der Waals surface area contributed by atoms with Gasteiger partial charge in [-0.1, -0.05) is 6.07 Å². The molecule has 1 aromatic heterocycles. The number of carbonyl (C=O) groups is 1. The maximum Gasteiger partial charge on any atom is 0.424 e. The summed E-state index contributed by atoms with van der Waals surface area (Å²) in [4.78, 5) is 15.5. The first-order valence-corrected chi connectivity index (χ1v) is 8.43. The fraction of sp³-hybridized carbons (Fsp3) is 0.375. The van der Waals surface area contributed by atoms with E-state index in [1.54, 1.807) is 0 Å². The van der Waals surface area contributed by atoms with Gasteiger partial charge in [-0.05, 0) is 24.6 Å². The number of hydrogen-bond donors (Lipinski definition) is 3.